The zero-order valence-electron chi connectivity index (χ0n) is 28.2. The third-order valence-electron chi connectivity index (χ3n) is 10.1. The number of aliphatic hydroxyl groups is 1. The number of aliphatic imine (C=N–C) groups is 1. The average Bonchev–Trinajstić information content (AvgIpc) is 3.72. The molecule has 3 aliphatic rings. The fourth-order valence-corrected chi connectivity index (χ4v) is 6.83. The lowest BCUT2D eigenvalue weighted by atomic mass is 9.71. The first-order valence-electron chi connectivity index (χ1n) is 16.9. The third-order valence-corrected chi connectivity index (χ3v) is 10.1. The number of aryl methyl sites for hydroxylation is 1. The van der Waals surface area contributed by atoms with E-state index in [1.54, 1.807) is 12.5 Å². The number of nitrogens with zero attached hydrogens (tertiary/aromatic N) is 3. The van der Waals surface area contributed by atoms with Crippen LogP contribution in [0, 0.1) is 11.3 Å². The van der Waals surface area contributed by atoms with Crippen LogP contribution in [0.3, 0.4) is 0 Å². The maximum atomic E-state index is 13.7. The second kappa shape index (κ2) is 14.8. The molecule has 8 nitrogen and oxygen atoms in total. The Kier molecular flexibility index (Phi) is 11.0. The smallest absolute Gasteiger partial charge is 0.393 e. The molecule has 11 heteroatoms. The highest BCUT2D eigenvalue weighted by atomic mass is 19.4. The first kappa shape index (κ1) is 35.6. The van der Waals surface area contributed by atoms with Gasteiger partial charge >= 0.3 is 6.18 Å². The topological polar surface area (TPSA) is 110 Å². The number of rotatable bonds is 8. The predicted molar refractivity (Wildman–Crippen MR) is 176 cm³/mol. The van der Waals surface area contributed by atoms with Gasteiger partial charge in [-0.25, -0.2) is 4.99 Å². The molecule has 4 heterocycles. The van der Waals surface area contributed by atoms with Crippen LogP contribution in [0.4, 0.5) is 18.9 Å². The molecule has 2 aliphatic heterocycles. The van der Waals surface area contributed by atoms with Gasteiger partial charge in [0.05, 0.1) is 49.0 Å². The number of benzene rings is 1. The van der Waals surface area contributed by atoms with Crippen LogP contribution in [0.5, 0.6) is 0 Å². The van der Waals surface area contributed by atoms with E-state index in [0.29, 0.717) is 31.4 Å². The Labute approximate surface area is 279 Å². The molecule has 6 rings (SSSR count). The number of aliphatic hydroxyl groups excluding tert-OH is 1. The van der Waals surface area contributed by atoms with Gasteiger partial charge in [-0.1, -0.05) is 50.2 Å². The van der Waals surface area contributed by atoms with Gasteiger partial charge in [-0.15, -0.1) is 0 Å². The monoisotopic (exact) mass is 667 g/mol. The number of fused-ring (bicyclic) bond motifs is 2. The number of pyridine rings is 1. The SMILES string of the molecule is CC(=O)C(F)(F)F.CC(C)(C)[C@H]1CCc2nc3c(cc2C1)N=C(C(=O)C[C@H](CC[NH+]1CCC(O)CC1)c1ccc(-c2cnoc2)cc1)C3. The molecular formula is C37H46F3N4O4+. The van der Waals surface area contributed by atoms with Crippen molar-refractivity contribution < 1.29 is 37.3 Å². The molecule has 1 aromatic carbocycles. The van der Waals surface area contributed by atoms with Crippen LogP contribution in [0.15, 0.2) is 52.3 Å². The van der Waals surface area contributed by atoms with E-state index >= 15 is 0 Å². The minimum atomic E-state index is -4.64. The van der Waals surface area contributed by atoms with Gasteiger partial charge in [0.2, 0.25) is 5.78 Å². The molecule has 0 saturated carbocycles. The Bertz CT molecular complexity index is 1600. The quantitative estimate of drug-likeness (QED) is 0.313. The first-order valence-corrected chi connectivity index (χ1v) is 16.9. The molecule has 0 bridgehead atoms. The number of carbonyl (C=O) groups is 2. The van der Waals surface area contributed by atoms with Crippen molar-refractivity contribution in [3.05, 3.63) is 65.3 Å². The molecule has 2 aromatic heterocycles. The largest absolute Gasteiger partial charge is 0.449 e. The van der Waals surface area contributed by atoms with Gasteiger partial charge in [-0.3, -0.25) is 14.6 Å². The zero-order chi connectivity index (χ0) is 34.6. The summed E-state index contributed by atoms with van der Waals surface area (Å²) in [5, 5.41) is 13.8. The van der Waals surface area contributed by atoms with E-state index in [1.807, 2.05) is 0 Å². The molecule has 3 aromatic rings. The minimum Gasteiger partial charge on any atom is -0.393 e. The average molecular weight is 668 g/mol. The Morgan fingerprint density at radius 2 is 1.73 bits per heavy atom. The van der Waals surface area contributed by atoms with E-state index in [1.165, 1.54) is 28.1 Å². The molecule has 1 fully saturated rings. The molecule has 258 valence electrons. The van der Waals surface area contributed by atoms with Crippen LogP contribution in [0.1, 0.15) is 88.2 Å². The standard InChI is InChI=1S/C34H42N4O3.C3H3F3O/c1-34(2,3)27-8-9-29-25(16-27)17-30-31(36-29)19-32(37-30)33(40)18-24(10-13-38-14-11-28(39)12-15-38)22-4-6-23(7-5-22)26-20-35-41-21-26;1-2(7)3(4,5)6/h4-7,17,20-21,24,27-28,39H,8-16,18-19H2,1-3H3;1H3/p+1/t24-,27-;/m0./s1. The van der Waals surface area contributed by atoms with Crippen molar-refractivity contribution in [1.29, 1.82) is 0 Å². The molecular weight excluding hydrogens is 621 g/mol. The van der Waals surface area contributed by atoms with Crippen molar-refractivity contribution in [2.75, 3.05) is 19.6 Å². The number of hydrogen-bond donors (Lipinski definition) is 2. The zero-order valence-corrected chi connectivity index (χ0v) is 28.2. The summed E-state index contributed by atoms with van der Waals surface area (Å²) in [4.78, 5) is 34.5. The van der Waals surface area contributed by atoms with Crippen molar-refractivity contribution in [1.82, 2.24) is 10.1 Å². The van der Waals surface area contributed by atoms with Crippen molar-refractivity contribution in [2.45, 2.75) is 97.3 Å². The molecule has 1 saturated heterocycles. The van der Waals surface area contributed by atoms with E-state index in [2.05, 4.69) is 56.3 Å². The highest BCUT2D eigenvalue weighted by Crippen LogP contribution is 2.39. The summed E-state index contributed by atoms with van der Waals surface area (Å²) < 4.78 is 37.5. The fourth-order valence-electron chi connectivity index (χ4n) is 6.83. The highest BCUT2D eigenvalue weighted by Gasteiger charge is 2.34. The lowest BCUT2D eigenvalue weighted by Gasteiger charge is -2.34. The van der Waals surface area contributed by atoms with Crippen LogP contribution in [0.2, 0.25) is 0 Å². The van der Waals surface area contributed by atoms with Gasteiger partial charge in [-0.05, 0) is 59.3 Å². The molecule has 0 amide bonds. The van der Waals surface area contributed by atoms with E-state index < -0.39 is 12.0 Å². The number of quaternary nitrogens is 1. The summed E-state index contributed by atoms with van der Waals surface area (Å²) in [6.45, 7) is 10.4. The number of alkyl halides is 3. The maximum Gasteiger partial charge on any atom is 0.449 e. The van der Waals surface area contributed by atoms with Crippen LogP contribution in [-0.4, -0.2) is 64.4 Å². The van der Waals surface area contributed by atoms with E-state index in [0.717, 1.165) is 74.2 Å². The number of halogens is 3. The van der Waals surface area contributed by atoms with Crippen LogP contribution in [0.25, 0.3) is 11.1 Å². The van der Waals surface area contributed by atoms with Gasteiger partial charge in [0, 0.05) is 50.3 Å². The summed E-state index contributed by atoms with van der Waals surface area (Å²) in [7, 11) is 0. The van der Waals surface area contributed by atoms with Crippen molar-refractivity contribution in [3.8, 4) is 11.1 Å². The number of piperidine rings is 1. The minimum absolute atomic E-state index is 0.110. The molecule has 2 N–H and O–H groups in total. The Balaban J connectivity index is 0.000000582. The van der Waals surface area contributed by atoms with Gasteiger partial charge < -0.3 is 14.5 Å². The predicted octanol–water partition coefficient (Wildman–Crippen LogP) is 5.83. The highest BCUT2D eigenvalue weighted by molar-refractivity contribution is 6.41. The first-order chi connectivity index (χ1) is 22.7. The second-order valence-corrected chi connectivity index (χ2v) is 14.5. The number of carbonyl (C=O) groups excluding carboxylic acids is 2. The fraction of sp³-hybridized carbons (Fsp3) is 0.541. The van der Waals surface area contributed by atoms with E-state index in [4.69, 9.17) is 14.5 Å². The Hall–Kier alpha value is -3.70. The summed E-state index contributed by atoms with van der Waals surface area (Å²) in [5.41, 5.74) is 8.48. The lowest BCUT2D eigenvalue weighted by molar-refractivity contribution is -0.906. The normalized spacial score (nSPS) is 21.3. The van der Waals surface area contributed by atoms with E-state index in [9.17, 15) is 27.9 Å². The lowest BCUT2D eigenvalue weighted by Crippen LogP contribution is -3.13. The van der Waals surface area contributed by atoms with Gasteiger partial charge in [0.1, 0.15) is 6.26 Å². The van der Waals surface area contributed by atoms with Crippen LogP contribution >= 0.6 is 0 Å². The summed E-state index contributed by atoms with van der Waals surface area (Å²) in [6.07, 6.45) is 5.40. The number of nitrogens with one attached hydrogen (secondary N) is 1. The Morgan fingerprint density at radius 1 is 1.04 bits per heavy atom. The van der Waals surface area contributed by atoms with Crippen LogP contribution < -0.4 is 4.90 Å². The second-order valence-electron chi connectivity index (χ2n) is 14.5. The number of likely N-dealkylation sites (tertiary alicyclic amines) is 1. The van der Waals surface area contributed by atoms with Gasteiger partial charge in [0.15, 0.2) is 5.78 Å². The van der Waals surface area contributed by atoms with Crippen molar-refractivity contribution >= 4 is 23.0 Å². The molecule has 0 radical (unpaired) electrons. The number of aromatic nitrogens is 2. The van der Waals surface area contributed by atoms with Gasteiger partial charge in [-0.2, -0.15) is 13.2 Å². The molecule has 0 spiro atoms. The van der Waals surface area contributed by atoms with E-state index in [-0.39, 0.29) is 23.2 Å². The summed E-state index contributed by atoms with van der Waals surface area (Å²) in [6, 6.07) is 10.7. The number of ketones is 2. The third kappa shape index (κ3) is 9.05. The van der Waals surface area contributed by atoms with Crippen molar-refractivity contribution in [2.24, 2.45) is 16.3 Å². The van der Waals surface area contributed by atoms with Crippen molar-refractivity contribution in [3.63, 3.8) is 0 Å². The molecule has 2 atom stereocenters. The number of hydrogen-bond acceptors (Lipinski definition) is 7. The Morgan fingerprint density at radius 3 is 2.33 bits per heavy atom. The number of Topliss-reactive ketones (excluding diaryl/α,β-unsaturated/α-hetero) is 2. The molecule has 1 aliphatic carbocycles. The maximum absolute atomic E-state index is 13.7. The van der Waals surface area contributed by atoms with Gasteiger partial charge in [0.25, 0.3) is 0 Å². The van der Waals surface area contributed by atoms with Crippen LogP contribution in [-0.2, 0) is 28.9 Å². The molecule has 48 heavy (non-hydrogen) atoms. The summed E-state index contributed by atoms with van der Waals surface area (Å²) >= 11 is 0. The summed E-state index contributed by atoms with van der Waals surface area (Å²) in [5.74, 6) is -0.875. The molecule has 0 unspecified atom stereocenters.